The molecule has 1 unspecified atom stereocenters. The van der Waals surface area contributed by atoms with E-state index in [1.807, 2.05) is 41.5 Å². The first-order valence-corrected chi connectivity index (χ1v) is 27.6. The minimum atomic E-state index is -1.98. The summed E-state index contributed by atoms with van der Waals surface area (Å²) < 4.78 is 66.7. The summed E-state index contributed by atoms with van der Waals surface area (Å²) in [5.41, 5.74) is 4.26. The number of methoxy groups -OCH3 is 1. The van der Waals surface area contributed by atoms with Crippen LogP contribution in [0.15, 0.2) is 35.4 Å². The number of ether oxygens (including phenoxy) is 12. The lowest BCUT2D eigenvalue weighted by molar-refractivity contribution is -0.164. The summed E-state index contributed by atoms with van der Waals surface area (Å²) >= 11 is 0. The molecule has 0 amide bonds. The Morgan fingerprint density at radius 1 is 0.722 bits per heavy atom. The Hall–Kier alpha value is -5.64. The Bertz CT molecular complexity index is 2640. The smallest absolute Gasteiger partial charge is 0.350 e. The summed E-state index contributed by atoms with van der Waals surface area (Å²) in [6, 6.07) is 5.20. The normalized spacial score (nSPS) is 17.4. The molecule has 0 aliphatic carbocycles. The molecule has 79 heavy (non-hydrogen) atoms. The Morgan fingerprint density at radius 2 is 1.28 bits per heavy atom. The molecule has 19 heteroatoms. The Kier molecular flexibility index (Phi) is 26.0. The van der Waals surface area contributed by atoms with Gasteiger partial charge in [0.25, 0.3) is 0 Å². The zero-order chi connectivity index (χ0) is 57.5. The SMILES string of the molecule is CCC/C(=C\C1=C(C(C)=O)COC(=O)[C@]1(O)CC)c1nc2ccc(OC(=O)CCC(=O)Oc3c(C)c(C)c4c(c3C)CCC(C)(C(=O)OCCOCCOCCOCCOCCOCCOCCOC)O4)cc2c(CC)c1CC. The van der Waals surface area contributed by atoms with Gasteiger partial charge < -0.3 is 61.9 Å². The molecule has 0 saturated heterocycles. The molecular formula is C60H83NO18. The number of carbonyl (C=O) groups is 5. The van der Waals surface area contributed by atoms with Gasteiger partial charge in [-0.1, -0.05) is 34.1 Å². The number of Topliss-reactive ketones (excluding diaryl/α,β-unsaturated/α-hetero) is 1. The molecule has 5 rings (SSSR count). The molecule has 0 spiro atoms. The van der Waals surface area contributed by atoms with Crippen LogP contribution in [-0.2, 0) is 85.9 Å². The number of nitrogens with zero attached hydrogens (tertiary/aromatic N) is 1. The number of esters is 4. The highest BCUT2D eigenvalue weighted by Crippen LogP contribution is 2.44. The number of carbonyl (C=O) groups excluding carboxylic acids is 5. The summed E-state index contributed by atoms with van der Waals surface area (Å²) in [6.45, 7) is 21.9. The molecule has 3 aromatic rings. The van der Waals surface area contributed by atoms with Crippen LogP contribution in [0.4, 0.5) is 0 Å². The van der Waals surface area contributed by atoms with Crippen molar-refractivity contribution in [1.82, 2.24) is 4.98 Å². The minimum absolute atomic E-state index is 0.0236. The van der Waals surface area contributed by atoms with Crippen molar-refractivity contribution >= 4 is 46.1 Å². The van der Waals surface area contributed by atoms with Crippen molar-refractivity contribution in [3.63, 3.8) is 0 Å². The van der Waals surface area contributed by atoms with E-state index >= 15 is 0 Å². The van der Waals surface area contributed by atoms with E-state index in [1.54, 1.807) is 45.2 Å². The topological polar surface area (TPSA) is 229 Å². The Balaban J connectivity index is 1.08. The lowest BCUT2D eigenvalue weighted by Gasteiger charge is -2.36. The zero-order valence-corrected chi connectivity index (χ0v) is 48.1. The van der Waals surface area contributed by atoms with E-state index in [9.17, 15) is 29.1 Å². The van der Waals surface area contributed by atoms with Crippen molar-refractivity contribution in [3.05, 3.63) is 74.5 Å². The molecule has 0 saturated carbocycles. The third-order valence-electron chi connectivity index (χ3n) is 14.1. The van der Waals surface area contributed by atoms with Crippen LogP contribution >= 0.6 is 0 Å². The van der Waals surface area contributed by atoms with Gasteiger partial charge in [0.1, 0.15) is 30.5 Å². The average molecular weight is 1110 g/mol. The van der Waals surface area contributed by atoms with Gasteiger partial charge in [-0.3, -0.25) is 14.4 Å². The first-order chi connectivity index (χ1) is 38.0. The van der Waals surface area contributed by atoms with Gasteiger partial charge in [0.05, 0.1) is 110 Å². The molecule has 3 heterocycles. The molecule has 2 aliphatic heterocycles. The first-order valence-electron chi connectivity index (χ1n) is 27.6. The molecule has 0 bridgehead atoms. The number of ketones is 1. The van der Waals surface area contributed by atoms with Gasteiger partial charge in [-0.2, -0.15) is 0 Å². The number of fused-ring (bicyclic) bond motifs is 2. The lowest BCUT2D eigenvalue weighted by atomic mass is 9.82. The van der Waals surface area contributed by atoms with Gasteiger partial charge in [0.2, 0.25) is 5.60 Å². The number of allylic oxidation sites excluding steroid dienone is 1. The fourth-order valence-corrected chi connectivity index (χ4v) is 9.46. The fraction of sp³-hybridized carbons (Fsp3) is 0.600. The molecular weight excluding hydrogens is 1020 g/mol. The molecule has 2 aliphatic rings. The van der Waals surface area contributed by atoms with E-state index in [1.165, 1.54) is 6.92 Å². The fourth-order valence-electron chi connectivity index (χ4n) is 9.46. The number of rotatable bonds is 35. The number of hydrogen-bond acceptors (Lipinski definition) is 19. The highest BCUT2D eigenvalue weighted by Gasteiger charge is 2.45. The van der Waals surface area contributed by atoms with Crippen LogP contribution in [-0.4, -0.2) is 157 Å². The number of aliphatic hydroxyl groups is 1. The Labute approximate surface area is 464 Å². The van der Waals surface area contributed by atoms with Crippen molar-refractivity contribution in [2.45, 2.75) is 131 Å². The van der Waals surface area contributed by atoms with Crippen LogP contribution < -0.4 is 14.2 Å². The van der Waals surface area contributed by atoms with Gasteiger partial charge in [0, 0.05) is 35.6 Å². The lowest BCUT2D eigenvalue weighted by Crippen LogP contribution is -2.46. The maximum atomic E-state index is 13.3. The molecule has 436 valence electrons. The second kappa shape index (κ2) is 32.0. The van der Waals surface area contributed by atoms with Gasteiger partial charge in [-0.25, -0.2) is 14.6 Å². The molecule has 2 aromatic carbocycles. The predicted octanol–water partition coefficient (Wildman–Crippen LogP) is 7.72. The Morgan fingerprint density at radius 3 is 1.81 bits per heavy atom. The summed E-state index contributed by atoms with van der Waals surface area (Å²) in [5.74, 6) is -1.60. The second-order valence-electron chi connectivity index (χ2n) is 19.6. The van der Waals surface area contributed by atoms with Crippen LogP contribution in [0.3, 0.4) is 0 Å². The van der Waals surface area contributed by atoms with Crippen molar-refractivity contribution in [3.8, 4) is 17.2 Å². The number of benzene rings is 2. The molecule has 1 N–H and O–H groups in total. The van der Waals surface area contributed by atoms with E-state index in [0.717, 1.165) is 34.1 Å². The number of cyclic esters (lactones) is 1. The maximum Gasteiger partial charge on any atom is 0.350 e. The van der Waals surface area contributed by atoms with Gasteiger partial charge in [-0.05, 0) is 124 Å². The first kappa shape index (κ1) is 64.2. The molecule has 1 aromatic heterocycles. The summed E-state index contributed by atoms with van der Waals surface area (Å²) in [7, 11) is 1.63. The van der Waals surface area contributed by atoms with Crippen LogP contribution in [0.1, 0.15) is 119 Å². The van der Waals surface area contributed by atoms with Crippen molar-refractivity contribution < 1.29 is 85.9 Å². The molecule has 2 atom stereocenters. The van der Waals surface area contributed by atoms with Crippen LogP contribution in [0, 0.1) is 20.8 Å². The predicted molar refractivity (Wildman–Crippen MR) is 294 cm³/mol. The standard InChI is InChI=1S/C60H83NO18/c1-11-15-43(36-50-49(42(8)62)38-76-58(66)60(50,67)14-4)54-46(13-3)45(12-2)48-37-44(16-17-51(48)61-54)77-52(63)18-19-53(64)78-55-39(5)40(6)56-47(41(55)7)20-21-59(9,79-56)57(65)75-35-34-74-33-32-73-31-30-72-29-28-71-27-26-70-25-24-69-23-22-68-10/h16-17,36-37,67H,11-15,18-35,38H2,1-10H3/b43-36+/t59?,60-/m0/s1. The number of hydrogen-bond donors (Lipinski definition) is 1. The van der Waals surface area contributed by atoms with Crippen molar-refractivity contribution in [2.24, 2.45) is 0 Å². The van der Waals surface area contributed by atoms with E-state index in [4.69, 9.17) is 61.8 Å². The average Bonchev–Trinajstić information content (AvgIpc) is 3.48. The van der Waals surface area contributed by atoms with Crippen LogP contribution in [0.25, 0.3) is 16.5 Å². The quantitative estimate of drug-likeness (QED) is 0.0338. The maximum absolute atomic E-state index is 13.3. The summed E-state index contributed by atoms with van der Waals surface area (Å²) in [6.07, 6.45) is 4.63. The molecule has 0 fully saturated rings. The largest absolute Gasteiger partial charge is 0.475 e. The highest BCUT2D eigenvalue weighted by molar-refractivity contribution is 6.01. The van der Waals surface area contributed by atoms with E-state index in [0.29, 0.717) is 157 Å². The minimum Gasteiger partial charge on any atom is -0.475 e. The second-order valence-corrected chi connectivity index (χ2v) is 19.6. The number of aromatic nitrogens is 1. The third-order valence-corrected chi connectivity index (χ3v) is 14.1. The van der Waals surface area contributed by atoms with Crippen LogP contribution in [0.5, 0.6) is 17.2 Å². The van der Waals surface area contributed by atoms with Crippen LogP contribution in [0.2, 0.25) is 0 Å². The number of aryl methyl sites for hydroxylation is 1. The van der Waals surface area contributed by atoms with Gasteiger partial charge >= 0.3 is 23.9 Å². The summed E-state index contributed by atoms with van der Waals surface area (Å²) in [4.78, 5) is 70.8. The van der Waals surface area contributed by atoms with E-state index < -0.39 is 35.1 Å². The number of pyridine rings is 1. The zero-order valence-electron chi connectivity index (χ0n) is 48.1. The van der Waals surface area contributed by atoms with Gasteiger partial charge in [0.15, 0.2) is 11.4 Å². The van der Waals surface area contributed by atoms with Crippen molar-refractivity contribution in [1.29, 1.82) is 0 Å². The summed E-state index contributed by atoms with van der Waals surface area (Å²) in [5, 5.41) is 12.4. The molecule has 0 radical (unpaired) electrons. The monoisotopic (exact) mass is 1110 g/mol. The van der Waals surface area contributed by atoms with E-state index in [2.05, 4.69) is 0 Å². The van der Waals surface area contributed by atoms with E-state index in [-0.39, 0.29) is 56.0 Å². The highest BCUT2D eigenvalue weighted by atomic mass is 16.6. The van der Waals surface area contributed by atoms with Gasteiger partial charge in [-0.15, -0.1) is 0 Å². The molecule has 19 nitrogen and oxygen atoms in total. The third kappa shape index (κ3) is 17.4. The van der Waals surface area contributed by atoms with Crippen molar-refractivity contribution in [2.75, 3.05) is 106 Å².